The van der Waals surface area contributed by atoms with E-state index in [1.165, 1.54) is 18.3 Å². The Morgan fingerprint density at radius 1 is 1.44 bits per heavy atom. The third-order valence-electron chi connectivity index (χ3n) is 2.22. The van der Waals surface area contributed by atoms with Crippen LogP contribution in [-0.4, -0.2) is 30.5 Å². The van der Waals surface area contributed by atoms with Gasteiger partial charge in [-0.25, -0.2) is 13.4 Å². The SMILES string of the molecule is CC(C)CC(NS(=O)(=O)c1ccccn1)C(=O)O. The Hall–Kier alpha value is -1.47. The van der Waals surface area contributed by atoms with Gasteiger partial charge in [0.2, 0.25) is 0 Å². The zero-order valence-corrected chi connectivity index (χ0v) is 11.0. The Labute approximate surface area is 106 Å². The summed E-state index contributed by atoms with van der Waals surface area (Å²) in [5.74, 6) is -1.12. The Morgan fingerprint density at radius 2 is 2.11 bits per heavy atom. The zero-order valence-electron chi connectivity index (χ0n) is 10.2. The number of rotatable bonds is 6. The molecule has 0 radical (unpaired) electrons. The topological polar surface area (TPSA) is 96.4 Å². The lowest BCUT2D eigenvalue weighted by Gasteiger charge is -2.16. The van der Waals surface area contributed by atoms with Crippen molar-refractivity contribution < 1.29 is 18.3 Å². The van der Waals surface area contributed by atoms with Gasteiger partial charge in [0, 0.05) is 6.20 Å². The normalized spacial score (nSPS) is 13.5. The highest BCUT2D eigenvalue weighted by atomic mass is 32.2. The lowest BCUT2D eigenvalue weighted by molar-refractivity contribution is -0.139. The number of nitrogens with zero attached hydrogens (tertiary/aromatic N) is 1. The van der Waals surface area contributed by atoms with Crippen LogP contribution >= 0.6 is 0 Å². The molecule has 2 N–H and O–H groups in total. The van der Waals surface area contributed by atoms with Crippen molar-refractivity contribution in [2.45, 2.75) is 31.3 Å². The number of carboxylic acids is 1. The van der Waals surface area contributed by atoms with Crippen LogP contribution in [0.1, 0.15) is 20.3 Å². The third kappa shape index (κ3) is 4.08. The van der Waals surface area contributed by atoms with Gasteiger partial charge in [-0.2, -0.15) is 4.72 Å². The molecule has 100 valence electrons. The van der Waals surface area contributed by atoms with Crippen molar-refractivity contribution in [2.75, 3.05) is 0 Å². The fourth-order valence-corrected chi connectivity index (χ4v) is 2.57. The van der Waals surface area contributed by atoms with E-state index >= 15 is 0 Å². The second kappa shape index (κ2) is 5.92. The molecule has 1 aromatic rings. The Kier molecular flexibility index (Phi) is 4.80. The van der Waals surface area contributed by atoms with E-state index in [1.807, 2.05) is 13.8 Å². The van der Waals surface area contributed by atoms with Crippen molar-refractivity contribution in [3.05, 3.63) is 24.4 Å². The van der Waals surface area contributed by atoms with Crippen molar-refractivity contribution in [2.24, 2.45) is 5.92 Å². The van der Waals surface area contributed by atoms with E-state index in [9.17, 15) is 13.2 Å². The number of hydrogen-bond acceptors (Lipinski definition) is 4. The fraction of sp³-hybridized carbons (Fsp3) is 0.455. The monoisotopic (exact) mass is 272 g/mol. The minimum absolute atomic E-state index is 0.0672. The lowest BCUT2D eigenvalue weighted by atomic mass is 10.1. The van der Waals surface area contributed by atoms with Gasteiger partial charge in [-0.1, -0.05) is 19.9 Å². The molecule has 0 aromatic carbocycles. The summed E-state index contributed by atoms with van der Waals surface area (Å²) in [6.45, 7) is 3.65. The first-order valence-electron chi connectivity index (χ1n) is 5.49. The van der Waals surface area contributed by atoms with Gasteiger partial charge in [-0.05, 0) is 24.5 Å². The molecule has 0 aliphatic rings. The Bertz CT molecular complexity index is 499. The van der Waals surface area contributed by atoms with Crippen molar-refractivity contribution in [1.29, 1.82) is 0 Å². The molecule has 1 atom stereocenters. The number of sulfonamides is 1. The molecular formula is C11H16N2O4S. The van der Waals surface area contributed by atoms with Crippen molar-refractivity contribution in [3.8, 4) is 0 Å². The molecule has 1 rings (SSSR count). The quantitative estimate of drug-likeness (QED) is 0.800. The summed E-state index contributed by atoms with van der Waals surface area (Å²) in [5.41, 5.74) is 0. The van der Waals surface area contributed by atoms with E-state index in [0.29, 0.717) is 0 Å². The second-order valence-electron chi connectivity index (χ2n) is 4.31. The molecule has 0 aliphatic heterocycles. The van der Waals surface area contributed by atoms with Crippen LogP contribution in [0.3, 0.4) is 0 Å². The van der Waals surface area contributed by atoms with E-state index in [-0.39, 0.29) is 17.4 Å². The molecule has 0 spiro atoms. The molecule has 1 heterocycles. The van der Waals surface area contributed by atoms with Crippen LogP contribution in [0.5, 0.6) is 0 Å². The van der Waals surface area contributed by atoms with Crippen molar-refractivity contribution in [3.63, 3.8) is 0 Å². The summed E-state index contributed by atoms with van der Waals surface area (Å²) in [6, 6.07) is 3.29. The number of aromatic nitrogens is 1. The molecule has 0 fully saturated rings. The first kappa shape index (κ1) is 14.6. The maximum atomic E-state index is 11.9. The molecule has 0 saturated carbocycles. The van der Waals surface area contributed by atoms with Crippen LogP contribution in [0.2, 0.25) is 0 Å². The predicted molar refractivity (Wildman–Crippen MR) is 65.4 cm³/mol. The number of aliphatic carboxylic acids is 1. The average molecular weight is 272 g/mol. The number of nitrogens with one attached hydrogen (secondary N) is 1. The van der Waals surface area contributed by atoms with Gasteiger partial charge in [0.15, 0.2) is 5.03 Å². The minimum Gasteiger partial charge on any atom is -0.480 e. The number of pyridine rings is 1. The molecule has 6 nitrogen and oxygen atoms in total. The van der Waals surface area contributed by atoms with Crippen LogP contribution in [0, 0.1) is 5.92 Å². The summed E-state index contributed by atoms with van der Waals surface area (Å²) in [4.78, 5) is 14.7. The first-order chi connectivity index (χ1) is 8.33. The molecule has 1 aromatic heterocycles. The van der Waals surface area contributed by atoms with E-state index in [4.69, 9.17) is 5.11 Å². The summed E-state index contributed by atoms with van der Waals surface area (Å²) in [6.07, 6.45) is 1.56. The third-order valence-corrected chi connectivity index (χ3v) is 3.60. The molecule has 0 bridgehead atoms. The van der Waals surface area contributed by atoms with Gasteiger partial charge in [0.05, 0.1) is 0 Å². The Balaban J connectivity index is 2.90. The molecule has 0 aliphatic carbocycles. The molecule has 1 unspecified atom stereocenters. The van der Waals surface area contributed by atoms with Gasteiger partial charge < -0.3 is 5.11 Å². The number of carboxylic acid groups (broad SMARTS) is 1. The van der Waals surface area contributed by atoms with Crippen LogP contribution < -0.4 is 4.72 Å². The van der Waals surface area contributed by atoms with Crippen LogP contribution in [0.15, 0.2) is 29.4 Å². The summed E-state index contributed by atoms with van der Waals surface area (Å²) >= 11 is 0. The highest BCUT2D eigenvalue weighted by molar-refractivity contribution is 7.89. The number of carbonyl (C=O) groups is 1. The smallest absolute Gasteiger partial charge is 0.321 e. The van der Waals surface area contributed by atoms with E-state index in [0.717, 1.165) is 0 Å². The first-order valence-corrected chi connectivity index (χ1v) is 6.97. The maximum absolute atomic E-state index is 11.9. The predicted octanol–water partition coefficient (Wildman–Crippen LogP) is 0.859. The second-order valence-corrected chi connectivity index (χ2v) is 5.97. The highest BCUT2D eigenvalue weighted by Gasteiger charge is 2.26. The van der Waals surface area contributed by atoms with Crippen molar-refractivity contribution >= 4 is 16.0 Å². The molecule has 0 saturated heterocycles. The minimum atomic E-state index is -3.89. The summed E-state index contributed by atoms with van der Waals surface area (Å²) in [5, 5.41) is 8.80. The van der Waals surface area contributed by atoms with Gasteiger partial charge in [-0.3, -0.25) is 4.79 Å². The highest BCUT2D eigenvalue weighted by Crippen LogP contribution is 2.10. The largest absolute Gasteiger partial charge is 0.480 e. The van der Waals surface area contributed by atoms with Gasteiger partial charge in [0.1, 0.15) is 6.04 Å². The number of hydrogen-bond donors (Lipinski definition) is 2. The van der Waals surface area contributed by atoms with Crippen LogP contribution in [-0.2, 0) is 14.8 Å². The van der Waals surface area contributed by atoms with E-state index < -0.39 is 22.0 Å². The van der Waals surface area contributed by atoms with E-state index in [1.54, 1.807) is 6.07 Å². The lowest BCUT2D eigenvalue weighted by Crippen LogP contribution is -2.41. The van der Waals surface area contributed by atoms with Gasteiger partial charge in [-0.15, -0.1) is 0 Å². The fourth-order valence-electron chi connectivity index (χ4n) is 1.42. The maximum Gasteiger partial charge on any atom is 0.321 e. The van der Waals surface area contributed by atoms with E-state index in [2.05, 4.69) is 9.71 Å². The van der Waals surface area contributed by atoms with Crippen LogP contribution in [0.25, 0.3) is 0 Å². The van der Waals surface area contributed by atoms with Crippen molar-refractivity contribution in [1.82, 2.24) is 9.71 Å². The molecule has 0 amide bonds. The molecule has 18 heavy (non-hydrogen) atoms. The molecule has 7 heteroatoms. The zero-order chi connectivity index (χ0) is 13.8. The summed E-state index contributed by atoms with van der Waals surface area (Å²) < 4.78 is 25.9. The van der Waals surface area contributed by atoms with Gasteiger partial charge in [0.25, 0.3) is 10.0 Å². The standard InChI is InChI=1S/C11H16N2O4S/c1-8(2)7-9(11(14)15)13-18(16,17)10-5-3-4-6-12-10/h3-6,8-9,13H,7H2,1-2H3,(H,14,15). The Morgan fingerprint density at radius 3 is 2.56 bits per heavy atom. The molecular weight excluding hydrogens is 256 g/mol. The van der Waals surface area contributed by atoms with Gasteiger partial charge >= 0.3 is 5.97 Å². The summed E-state index contributed by atoms with van der Waals surface area (Å²) in [7, 11) is -3.89. The average Bonchev–Trinajstić information content (AvgIpc) is 2.28. The van der Waals surface area contributed by atoms with Crippen LogP contribution in [0.4, 0.5) is 0 Å².